The van der Waals surface area contributed by atoms with Crippen LogP contribution in [0.5, 0.6) is 0 Å². The Hall–Kier alpha value is -0.640. The van der Waals surface area contributed by atoms with Crippen LogP contribution in [0.2, 0.25) is 0 Å². The number of rotatable bonds is 3. The van der Waals surface area contributed by atoms with Gasteiger partial charge in [-0.2, -0.15) is 0 Å². The van der Waals surface area contributed by atoms with Crippen molar-refractivity contribution in [3.05, 3.63) is 35.6 Å². The van der Waals surface area contributed by atoms with Crippen molar-refractivity contribution in [2.24, 2.45) is 0 Å². The molecule has 2 rings (SSSR count). The van der Waals surface area contributed by atoms with Crippen molar-refractivity contribution in [1.82, 2.24) is 10.6 Å². The summed E-state index contributed by atoms with van der Waals surface area (Å²) >= 11 is 0. The van der Waals surface area contributed by atoms with Gasteiger partial charge >= 0.3 is 0 Å². The summed E-state index contributed by atoms with van der Waals surface area (Å²) in [6, 6.07) is 7.30. The van der Waals surface area contributed by atoms with Crippen LogP contribution in [0, 0.1) is 5.82 Å². The normalized spacial score (nSPS) is 20.2. The Balaban J connectivity index is 0.00000128. The molecule has 4 heteroatoms. The first-order chi connectivity index (χ1) is 7.34. The third-order valence-electron chi connectivity index (χ3n) is 2.78. The van der Waals surface area contributed by atoms with E-state index in [0.717, 1.165) is 25.2 Å². The van der Waals surface area contributed by atoms with E-state index in [9.17, 15) is 4.39 Å². The van der Waals surface area contributed by atoms with E-state index >= 15 is 0 Å². The van der Waals surface area contributed by atoms with Gasteiger partial charge in [-0.15, -0.1) is 12.4 Å². The van der Waals surface area contributed by atoms with Crippen LogP contribution in [0.15, 0.2) is 24.3 Å². The van der Waals surface area contributed by atoms with E-state index in [1.54, 1.807) is 12.1 Å². The lowest BCUT2D eigenvalue weighted by atomic mass is 10.1. The fourth-order valence-corrected chi connectivity index (χ4v) is 1.94. The highest BCUT2D eigenvalue weighted by atomic mass is 35.5. The molecule has 0 aliphatic carbocycles. The average Bonchev–Trinajstić information content (AvgIpc) is 2.28. The highest BCUT2D eigenvalue weighted by molar-refractivity contribution is 5.85. The predicted molar refractivity (Wildman–Crippen MR) is 66.4 cm³/mol. The van der Waals surface area contributed by atoms with Crippen LogP contribution < -0.4 is 10.6 Å². The first kappa shape index (κ1) is 13.4. The highest BCUT2D eigenvalue weighted by Gasteiger charge is 2.11. The number of hydrogen-bond acceptors (Lipinski definition) is 2. The zero-order chi connectivity index (χ0) is 10.5. The minimum Gasteiger partial charge on any atom is -0.315 e. The Labute approximate surface area is 102 Å². The Morgan fingerprint density at radius 1 is 1.44 bits per heavy atom. The number of nitrogens with one attached hydrogen (secondary N) is 2. The van der Waals surface area contributed by atoms with Gasteiger partial charge in [-0.05, 0) is 37.1 Å². The van der Waals surface area contributed by atoms with E-state index in [1.807, 2.05) is 6.07 Å². The molecule has 16 heavy (non-hydrogen) atoms. The molecule has 1 atom stereocenters. The molecule has 1 aromatic rings. The molecule has 1 aliphatic heterocycles. The van der Waals surface area contributed by atoms with Gasteiger partial charge in [0, 0.05) is 19.1 Å². The second-order valence-electron chi connectivity index (χ2n) is 4.05. The lowest BCUT2D eigenvalue weighted by Crippen LogP contribution is -2.42. The molecule has 0 amide bonds. The van der Waals surface area contributed by atoms with E-state index in [-0.39, 0.29) is 18.2 Å². The Morgan fingerprint density at radius 2 is 2.31 bits per heavy atom. The van der Waals surface area contributed by atoms with E-state index in [4.69, 9.17) is 0 Å². The molecule has 2 N–H and O–H groups in total. The lowest BCUT2D eigenvalue weighted by molar-refractivity contribution is 0.389. The number of benzene rings is 1. The van der Waals surface area contributed by atoms with Crippen LogP contribution >= 0.6 is 12.4 Å². The average molecular weight is 245 g/mol. The molecule has 1 fully saturated rings. The van der Waals surface area contributed by atoms with Crippen LogP contribution in [0.25, 0.3) is 0 Å². The van der Waals surface area contributed by atoms with Crippen molar-refractivity contribution >= 4 is 12.4 Å². The summed E-state index contributed by atoms with van der Waals surface area (Å²) in [6.45, 7) is 2.90. The van der Waals surface area contributed by atoms with Crippen LogP contribution in [0.4, 0.5) is 4.39 Å². The smallest absolute Gasteiger partial charge is 0.123 e. The van der Waals surface area contributed by atoms with Crippen molar-refractivity contribution < 1.29 is 4.39 Å². The molecule has 0 aromatic heterocycles. The molecule has 1 unspecified atom stereocenters. The van der Waals surface area contributed by atoms with Crippen molar-refractivity contribution in [3.8, 4) is 0 Å². The molecule has 1 aromatic carbocycles. The molecular weight excluding hydrogens is 227 g/mol. The first-order valence-corrected chi connectivity index (χ1v) is 5.53. The van der Waals surface area contributed by atoms with Crippen molar-refractivity contribution in [1.29, 1.82) is 0 Å². The third kappa shape index (κ3) is 4.08. The Kier molecular flexibility index (Phi) is 5.74. The largest absolute Gasteiger partial charge is 0.315 e. The van der Waals surface area contributed by atoms with Crippen molar-refractivity contribution in [2.45, 2.75) is 25.4 Å². The second-order valence-corrected chi connectivity index (χ2v) is 4.05. The molecule has 0 spiro atoms. The van der Waals surface area contributed by atoms with E-state index in [2.05, 4.69) is 10.6 Å². The number of halogens is 2. The predicted octanol–water partition coefficient (Wildman–Crippen LogP) is 2.09. The van der Waals surface area contributed by atoms with E-state index < -0.39 is 0 Å². The molecule has 1 heterocycles. The summed E-state index contributed by atoms with van der Waals surface area (Å²) in [4.78, 5) is 0. The second kappa shape index (κ2) is 6.84. The summed E-state index contributed by atoms with van der Waals surface area (Å²) in [5.41, 5.74) is 1.01. The molecule has 90 valence electrons. The van der Waals surface area contributed by atoms with Gasteiger partial charge in [0.25, 0.3) is 0 Å². The van der Waals surface area contributed by atoms with Gasteiger partial charge in [-0.1, -0.05) is 12.1 Å². The Morgan fingerprint density at radius 3 is 3.00 bits per heavy atom. The van der Waals surface area contributed by atoms with E-state index in [0.29, 0.717) is 6.04 Å². The van der Waals surface area contributed by atoms with Gasteiger partial charge in [0.15, 0.2) is 0 Å². The quantitative estimate of drug-likeness (QED) is 0.851. The van der Waals surface area contributed by atoms with Gasteiger partial charge in [-0.3, -0.25) is 0 Å². The summed E-state index contributed by atoms with van der Waals surface area (Å²) in [6.07, 6.45) is 2.43. The minimum absolute atomic E-state index is 0. The molecule has 1 saturated heterocycles. The fourth-order valence-electron chi connectivity index (χ4n) is 1.94. The van der Waals surface area contributed by atoms with Crippen LogP contribution in [0.1, 0.15) is 18.4 Å². The van der Waals surface area contributed by atoms with Crippen molar-refractivity contribution in [2.75, 3.05) is 13.1 Å². The summed E-state index contributed by atoms with van der Waals surface area (Å²) in [5.74, 6) is -0.156. The maximum absolute atomic E-state index is 12.9. The minimum atomic E-state index is -0.156. The van der Waals surface area contributed by atoms with Crippen LogP contribution in [-0.4, -0.2) is 19.1 Å². The zero-order valence-corrected chi connectivity index (χ0v) is 10.0. The van der Waals surface area contributed by atoms with Gasteiger partial charge in [-0.25, -0.2) is 4.39 Å². The SMILES string of the molecule is Cl.Fc1cccc(CNC2CCCNC2)c1. The molecule has 0 bridgehead atoms. The molecule has 1 aliphatic rings. The summed E-state index contributed by atoms with van der Waals surface area (Å²) in [5, 5.41) is 6.78. The van der Waals surface area contributed by atoms with Gasteiger partial charge < -0.3 is 10.6 Å². The fraction of sp³-hybridized carbons (Fsp3) is 0.500. The monoisotopic (exact) mass is 244 g/mol. The molecular formula is C12H18ClFN2. The summed E-state index contributed by atoms with van der Waals surface area (Å²) in [7, 11) is 0. The zero-order valence-electron chi connectivity index (χ0n) is 9.21. The summed E-state index contributed by atoms with van der Waals surface area (Å²) < 4.78 is 12.9. The van der Waals surface area contributed by atoms with Crippen LogP contribution in [0.3, 0.4) is 0 Å². The molecule has 0 saturated carbocycles. The first-order valence-electron chi connectivity index (χ1n) is 5.53. The molecule has 0 radical (unpaired) electrons. The van der Waals surface area contributed by atoms with Gasteiger partial charge in [0.1, 0.15) is 5.82 Å². The van der Waals surface area contributed by atoms with E-state index in [1.165, 1.54) is 18.9 Å². The maximum Gasteiger partial charge on any atom is 0.123 e. The third-order valence-corrected chi connectivity index (χ3v) is 2.78. The lowest BCUT2D eigenvalue weighted by Gasteiger charge is -2.23. The number of piperidine rings is 1. The van der Waals surface area contributed by atoms with Crippen molar-refractivity contribution in [3.63, 3.8) is 0 Å². The topological polar surface area (TPSA) is 24.1 Å². The molecule has 2 nitrogen and oxygen atoms in total. The van der Waals surface area contributed by atoms with Crippen LogP contribution in [-0.2, 0) is 6.54 Å². The van der Waals surface area contributed by atoms with Gasteiger partial charge in [0.2, 0.25) is 0 Å². The van der Waals surface area contributed by atoms with Gasteiger partial charge in [0.05, 0.1) is 0 Å². The number of hydrogen-bond donors (Lipinski definition) is 2. The highest BCUT2D eigenvalue weighted by Crippen LogP contribution is 2.06. The maximum atomic E-state index is 12.9. The standard InChI is InChI=1S/C12H17FN2.ClH/c13-11-4-1-3-10(7-11)8-15-12-5-2-6-14-9-12;/h1,3-4,7,12,14-15H,2,5-6,8-9H2;1H. The Bertz CT molecular complexity index is 314.